The molecule has 0 unspecified atom stereocenters. The van der Waals surface area contributed by atoms with Crippen LogP contribution < -0.4 is 5.56 Å². The number of fused-ring (bicyclic) bond motifs is 1. The molecule has 32 heavy (non-hydrogen) atoms. The van der Waals surface area contributed by atoms with Crippen LogP contribution in [-0.4, -0.2) is 15.9 Å². The number of benzene rings is 1. The fourth-order valence-corrected chi connectivity index (χ4v) is 4.23. The second kappa shape index (κ2) is 10.1. The molecule has 1 aromatic carbocycles. The van der Waals surface area contributed by atoms with Gasteiger partial charge in [0.15, 0.2) is 0 Å². The standard InChI is InChI=1S/C26H31FN2O3/c1-6-9-17-12-24(29-26(31)21(17)14-32-16(5)30)25-18(8-3)19(10-7-2)20-11-15(4)22(27)13-23(20)28-25/h11-13H,6-10,14H2,1-5H3,(H,29,31). The van der Waals surface area contributed by atoms with Crippen LogP contribution >= 0.6 is 0 Å². The number of nitrogens with zero attached hydrogens (tertiary/aromatic N) is 1. The molecule has 0 aliphatic heterocycles. The summed E-state index contributed by atoms with van der Waals surface area (Å²) in [6, 6.07) is 5.28. The highest BCUT2D eigenvalue weighted by molar-refractivity contribution is 5.87. The molecule has 2 heterocycles. The van der Waals surface area contributed by atoms with E-state index in [1.165, 1.54) is 13.0 Å². The minimum Gasteiger partial charge on any atom is -0.461 e. The van der Waals surface area contributed by atoms with Crippen molar-refractivity contribution in [2.75, 3.05) is 0 Å². The number of halogens is 1. The van der Waals surface area contributed by atoms with Crippen molar-refractivity contribution in [3.8, 4) is 11.4 Å². The highest BCUT2D eigenvalue weighted by Crippen LogP contribution is 2.32. The first-order chi connectivity index (χ1) is 15.3. The molecule has 3 rings (SSSR count). The number of hydrogen-bond acceptors (Lipinski definition) is 4. The van der Waals surface area contributed by atoms with Crippen molar-refractivity contribution < 1.29 is 13.9 Å². The van der Waals surface area contributed by atoms with Crippen molar-refractivity contribution >= 4 is 16.9 Å². The monoisotopic (exact) mass is 438 g/mol. The van der Waals surface area contributed by atoms with Gasteiger partial charge in [-0.25, -0.2) is 9.37 Å². The van der Waals surface area contributed by atoms with Crippen LogP contribution in [0.25, 0.3) is 22.3 Å². The average molecular weight is 439 g/mol. The molecule has 0 bridgehead atoms. The van der Waals surface area contributed by atoms with Gasteiger partial charge in [0.25, 0.3) is 5.56 Å². The number of carbonyl (C=O) groups excluding carboxylic acids is 1. The van der Waals surface area contributed by atoms with Gasteiger partial charge in [0.1, 0.15) is 12.4 Å². The van der Waals surface area contributed by atoms with Gasteiger partial charge in [-0.2, -0.15) is 0 Å². The summed E-state index contributed by atoms with van der Waals surface area (Å²) >= 11 is 0. The van der Waals surface area contributed by atoms with Crippen molar-refractivity contribution in [3.63, 3.8) is 0 Å². The number of hydrogen-bond donors (Lipinski definition) is 1. The minimum absolute atomic E-state index is 0.0579. The number of aromatic nitrogens is 2. The minimum atomic E-state index is -0.429. The maximum Gasteiger partial charge on any atom is 0.302 e. The summed E-state index contributed by atoms with van der Waals surface area (Å²) in [4.78, 5) is 32.0. The molecule has 6 heteroatoms. The zero-order valence-corrected chi connectivity index (χ0v) is 19.5. The maximum absolute atomic E-state index is 14.4. The second-order valence-corrected chi connectivity index (χ2v) is 8.19. The average Bonchev–Trinajstić information content (AvgIpc) is 2.74. The fraction of sp³-hybridized carbons (Fsp3) is 0.423. The van der Waals surface area contributed by atoms with E-state index in [1.54, 1.807) is 6.92 Å². The summed E-state index contributed by atoms with van der Waals surface area (Å²) in [7, 11) is 0. The van der Waals surface area contributed by atoms with Gasteiger partial charge < -0.3 is 9.72 Å². The van der Waals surface area contributed by atoms with Crippen molar-refractivity contribution in [2.45, 2.75) is 73.3 Å². The Balaban J connectivity index is 2.29. The molecular formula is C26H31FN2O3. The largest absolute Gasteiger partial charge is 0.461 e. The van der Waals surface area contributed by atoms with Crippen LogP contribution in [-0.2, 0) is 35.4 Å². The predicted octanol–water partition coefficient (Wildman–Crippen LogP) is 5.57. The Morgan fingerprint density at radius 2 is 1.78 bits per heavy atom. The molecule has 3 aromatic rings. The molecule has 0 saturated carbocycles. The lowest BCUT2D eigenvalue weighted by molar-refractivity contribution is -0.142. The number of rotatable bonds is 8. The van der Waals surface area contributed by atoms with E-state index in [4.69, 9.17) is 9.72 Å². The summed E-state index contributed by atoms with van der Waals surface area (Å²) < 4.78 is 19.5. The van der Waals surface area contributed by atoms with Crippen LogP contribution in [0.1, 0.15) is 68.4 Å². The zero-order chi connectivity index (χ0) is 23.4. The summed E-state index contributed by atoms with van der Waals surface area (Å²) in [6.07, 6.45) is 4.05. The third-order valence-electron chi connectivity index (χ3n) is 5.76. The number of carbonyl (C=O) groups is 1. The van der Waals surface area contributed by atoms with Crippen molar-refractivity contribution in [3.05, 3.63) is 62.2 Å². The summed E-state index contributed by atoms with van der Waals surface area (Å²) in [5.74, 6) is -0.721. The number of ether oxygens (including phenoxy) is 1. The van der Waals surface area contributed by atoms with E-state index in [9.17, 15) is 14.0 Å². The van der Waals surface area contributed by atoms with Gasteiger partial charge in [0.2, 0.25) is 0 Å². The molecule has 2 aromatic heterocycles. The highest BCUT2D eigenvalue weighted by atomic mass is 19.1. The van der Waals surface area contributed by atoms with E-state index in [0.717, 1.165) is 47.8 Å². The van der Waals surface area contributed by atoms with E-state index < -0.39 is 5.97 Å². The van der Waals surface area contributed by atoms with Crippen LogP contribution in [0, 0.1) is 12.7 Å². The number of H-pyrrole nitrogens is 1. The first kappa shape index (κ1) is 23.6. The van der Waals surface area contributed by atoms with Crippen LogP contribution in [0.5, 0.6) is 0 Å². The molecule has 0 spiro atoms. The Bertz CT molecular complexity index is 1210. The lowest BCUT2D eigenvalue weighted by Gasteiger charge is -2.18. The Hall–Kier alpha value is -3.02. The Kier molecular flexibility index (Phi) is 7.44. The van der Waals surface area contributed by atoms with E-state index in [2.05, 4.69) is 18.8 Å². The maximum atomic E-state index is 14.4. The van der Waals surface area contributed by atoms with E-state index in [0.29, 0.717) is 34.5 Å². The van der Waals surface area contributed by atoms with Gasteiger partial charge in [0.05, 0.1) is 22.5 Å². The number of nitrogens with one attached hydrogen (secondary N) is 1. The molecule has 0 aliphatic rings. The Labute approximate surface area is 188 Å². The summed E-state index contributed by atoms with van der Waals surface area (Å²) in [6.45, 7) is 9.25. The molecule has 0 atom stereocenters. The number of aryl methyl sites for hydroxylation is 3. The number of aromatic amines is 1. The normalized spacial score (nSPS) is 11.2. The zero-order valence-electron chi connectivity index (χ0n) is 19.5. The van der Waals surface area contributed by atoms with Crippen molar-refractivity contribution in [1.82, 2.24) is 9.97 Å². The molecular weight excluding hydrogens is 407 g/mol. The molecule has 170 valence electrons. The quantitative estimate of drug-likeness (QED) is 0.467. The lowest BCUT2D eigenvalue weighted by Crippen LogP contribution is -2.19. The van der Waals surface area contributed by atoms with Gasteiger partial charge in [-0.15, -0.1) is 0 Å². The fourth-order valence-electron chi connectivity index (χ4n) is 4.23. The third-order valence-corrected chi connectivity index (χ3v) is 5.76. The lowest BCUT2D eigenvalue weighted by atomic mass is 9.92. The smallest absolute Gasteiger partial charge is 0.302 e. The first-order valence-electron chi connectivity index (χ1n) is 11.3. The third kappa shape index (κ3) is 4.74. The molecule has 0 fully saturated rings. The van der Waals surface area contributed by atoms with Crippen molar-refractivity contribution in [1.29, 1.82) is 0 Å². The SMILES string of the molecule is CCCc1cc(-c2nc3cc(F)c(C)cc3c(CCC)c2CC)[nH]c(=O)c1COC(C)=O. The van der Waals surface area contributed by atoms with Crippen LogP contribution in [0.15, 0.2) is 23.0 Å². The van der Waals surface area contributed by atoms with Crippen LogP contribution in [0.2, 0.25) is 0 Å². The molecule has 0 radical (unpaired) electrons. The number of pyridine rings is 2. The van der Waals surface area contributed by atoms with Crippen LogP contribution in [0.4, 0.5) is 4.39 Å². The Morgan fingerprint density at radius 3 is 2.41 bits per heavy atom. The second-order valence-electron chi connectivity index (χ2n) is 8.19. The van der Waals surface area contributed by atoms with Gasteiger partial charge >= 0.3 is 5.97 Å². The van der Waals surface area contributed by atoms with Crippen LogP contribution in [0.3, 0.4) is 0 Å². The number of esters is 1. The van der Waals surface area contributed by atoms with Gasteiger partial charge in [-0.05, 0) is 60.6 Å². The molecule has 5 nitrogen and oxygen atoms in total. The van der Waals surface area contributed by atoms with Crippen molar-refractivity contribution in [2.24, 2.45) is 0 Å². The van der Waals surface area contributed by atoms with Gasteiger partial charge in [-0.3, -0.25) is 9.59 Å². The molecule has 1 N–H and O–H groups in total. The topological polar surface area (TPSA) is 72.1 Å². The molecule has 0 saturated heterocycles. The highest BCUT2D eigenvalue weighted by Gasteiger charge is 2.19. The molecule has 0 aliphatic carbocycles. The van der Waals surface area contributed by atoms with E-state index in [-0.39, 0.29) is 18.0 Å². The van der Waals surface area contributed by atoms with E-state index >= 15 is 0 Å². The Morgan fingerprint density at radius 1 is 1.06 bits per heavy atom. The summed E-state index contributed by atoms with van der Waals surface area (Å²) in [5.41, 5.74) is 5.70. The first-order valence-corrected chi connectivity index (χ1v) is 11.3. The van der Waals surface area contributed by atoms with Gasteiger partial charge in [-0.1, -0.05) is 33.6 Å². The summed E-state index contributed by atoms with van der Waals surface area (Å²) in [5, 5.41) is 0.967. The van der Waals surface area contributed by atoms with E-state index in [1.807, 2.05) is 19.1 Å². The van der Waals surface area contributed by atoms with Gasteiger partial charge in [0, 0.05) is 18.4 Å². The predicted molar refractivity (Wildman–Crippen MR) is 125 cm³/mol. The molecule has 0 amide bonds.